The van der Waals surface area contributed by atoms with Gasteiger partial charge in [-0.25, -0.2) is 0 Å². The van der Waals surface area contributed by atoms with Crippen molar-refractivity contribution >= 4 is 11.8 Å². The number of carbonyl (C=O) groups is 2. The van der Waals surface area contributed by atoms with Gasteiger partial charge in [-0.3, -0.25) is 9.59 Å². The Kier molecular flexibility index (Phi) is 5.29. The normalized spacial score (nSPS) is 16.1. The van der Waals surface area contributed by atoms with Crippen molar-refractivity contribution in [2.45, 2.75) is 19.0 Å². The summed E-state index contributed by atoms with van der Waals surface area (Å²) in [6, 6.07) is 20.5. The van der Waals surface area contributed by atoms with E-state index in [0.29, 0.717) is 30.8 Å². The Morgan fingerprint density at radius 3 is 2.41 bits per heavy atom. The molecule has 4 rings (SSSR count). The lowest BCUT2D eigenvalue weighted by molar-refractivity contribution is -0.125. The van der Waals surface area contributed by atoms with Gasteiger partial charge >= 0.3 is 0 Å². The lowest BCUT2D eigenvalue weighted by Gasteiger charge is -2.23. The summed E-state index contributed by atoms with van der Waals surface area (Å²) in [4.78, 5) is 27.4. The highest BCUT2D eigenvalue weighted by Crippen LogP contribution is 2.25. The number of nitrogens with zero attached hydrogens (tertiary/aromatic N) is 1. The van der Waals surface area contributed by atoms with Crippen molar-refractivity contribution in [1.82, 2.24) is 10.2 Å². The number of amides is 2. The minimum atomic E-state index is -0.557. The van der Waals surface area contributed by atoms with Crippen LogP contribution in [0.1, 0.15) is 22.5 Å². The van der Waals surface area contributed by atoms with E-state index in [2.05, 4.69) is 11.9 Å². The molecule has 0 spiro atoms. The van der Waals surface area contributed by atoms with E-state index in [1.54, 1.807) is 23.3 Å². The maximum absolute atomic E-state index is 13.1. The van der Waals surface area contributed by atoms with Crippen LogP contribution >= 0.6 is 0 Å². The van der Waals surface area contributed by atoms with Gasteiger partial charge in [-0.15, -0.1) is 0 Å². The van der Waals surface area contributed by atoms with E-state index < -0.39 is 6.04 Å². The Morgan fingerprint density at radius 2 is 1.72 bits per heavy atom. The van der Waals surface area contributed by atoms with Crippen LogP contribution in [-0.2, 0) is 11.3 Å². The van der Waals surface area contributed by atoms with E-state index in [9.17, 15) is 9.59 Å². The summed E-state index contributed by atoms with van der Waals surface area (Å²) in [5.74, 6) is 0.306. The molecule has 1 atom stereocenters. The van der Waals surface area contributed by atoms with Crippen molar-refractivity contribution in [2.75, 3.05) is 6.54 Å². The van der Waals surface area contributed by atoms with Gasteiger partial charge < -0.3 is 14.6 Å². The molecule has 1 unspecified atom stereocenters. The number of likely N-dealkylation sites (tertiary alicyclic amines) is 1. The quantitative estimate of drug-likeness (QED) is 0.674. The van der Waals surface area contributed by atoms with E-state index in [1.165, 1.54) is 0 Å². The van der Waals surface area contributed by atoms with Crippen LogP contribution in [0.15, 0.2) is 89.6 Å². The maximum atomic E-state index is 13.1. The van der Waals surface area contributed by atoms with Gasteiger partial charge in [-0.05, 0) is 41.8 Å². The number of nitrogens with one attached hydrogen (secondary N) is 1. The Bertz CT molecular complexity index is 1010. The summed E-state index contributed by atoms with van der Waals surface area (Å²) < 4.78 is 5.25. The van der Waals surface area contributed by atoms with Gasteiger partial charge in [-0.2, -0.15) is 0 Å². The molecule has 1 saturated heterocycles. The van der Waals surface area contributed by atoms with Gasteiger partial charge in [0.1, 0.15) is 11.8 Å². The molecule has 2 heterocycles. The number of hydrogen-bond donors (Lipinski definition) is 1. The highest BCUT2D eigenvalue weighted by molar-refractivity contribution is 5.98. The first-order chi connectivity index (χ1) is 14.1. The van der Waals surface area contributed by atoms with Crippen LogP contribution in [0.3, 0.4) is 0 Å². The van der Waals surface area contributed by atoms with Gasteiger partial charge in [0.2, 0.25) is 5.91 Å². The fourth-order valence-electron chi connectivity index (χ4n) is 3.55. The molecule has 1 fully saturated rings. The first kappa shape index (κ1) is 18.7. The maximum Gasteiger partial charge on any atom is 0.254 e. The molecule has 2 aromatic carbocycles. The molecular weight excluding hydrogens is 364 g/mol. The summed E-state index contributed by atoms with van der Waals surface area (Å²) in [6.45, 7) is 4.67. The van der Waals surface area contributed by atoms with Gasteiger partial charge in [0.05, 0.1) is 12.8 Å². The number of furan rings is 1. The van der Waals surface area contributed by atoms with Crippen molar-refractivity contribution in [1.29, 1.82) is 0 Å². The number of carbonyl (C=O) groups excluding carboxylic acids is 2. The first-order valence-corrected chi connectivity index (χ1v) is 9.55. The molecule has 2 amide bonds. The Labute approximate surface area is 169 Å². The summed E-state index contributed by atoms with van der Waals surface area (Å²) in [5.41, 5.74) is 3.57. The van der Waals surface area contributed by atoms with Crippen molar-refractivity contribution < 1.29 is 14.0 Å². The zero-order valence-electron chi connectivity index (χ0n) is 16.0. The predicted octanol–water partition coefficient (Wildman–Crippen LogP) is 4.03. The lowest BCUT2D eigenvalue weighted by Crippen LogP contribution is -2.45. The van der Waals surface area contributed by atoms with Gasteiger partial charge in [0.15, 0.2) is 0 Å². The molecule has 5 heteroatoms. The third-order valence-electron chi connectivity index (χ3n) is 5.07. The molecule has 1 aliphatic rings. The topological polar surface area (TPSA) is 62.6 Å². The fraction of sp³-hybridized carbons (Fsp3) is 0.167. The highest BCUT2D eigenvalue weighted by Gasteiger charge is 2.36. The van der Waals surface area contributed by atoms with E-state index in [0.717, 1.165) is 16.7 Å². The Balaban J connectivity index is 1.47. The molecule has 0 aliphatic carbocycles. The second-order valence-corrected chi connectivity index (χ2v) is 7.14. The molecule has 1 aromatic heterocycles. The van der Waals surface area contributed by atoms with Crippen LogP contribution in [0.25, 0.3) is 11.1 Å². The first-order valence-electron chi connectivity index (χ1n) is 9.55. The molecule has 5 nitrogen and oxygen atoms in total. The molecule has 1 N–H and O–H groups in total. The Morgan fingerprint density at radius 1 is 1.00 bits per heavy atom. The van der Waals surface area contributed by atoms with Crippen LogP contribution in [-0.4, -0.2) is 29.3 Å². The zero-order chi connectivity index (χ0) is 20.2. The van der Waals surface area contributed by atoms with E-state index >= 15 is 0 Å². The smallest absolute Gasteiger partial charge is 0.254 e. The van der Waals surface area contributed by atoms with Gasteiger partial charge in [-0.1, -0.05) is 54.6 Å². The molecule has 146 valence electrons. The van der Waals surface area contributed by atoms with Crippen LogP contribution in [0.5, 0.6) is 0 Å². The van der Waals surface area contributed by atoms with E-state index in [1.807, 2.05) is 54.6 Å². The summed E-state index contributed by atoms with van der Waals surface area (Å²) in [5, 5.41) is 2.85. The van der Waals surface area contributed by atoms with Crippen LogP contribution in [0.4, 0.5) is 0 Å². The minimum absolute atomic E-state index is 0.165. The van der Waals surface area contributed by atoms with E-state index in [4.69, 9.17) is 4.42 Å². The van der Waals surface area contributed by atoms with Crippen molar-refractivity contribution in [3.63, 3.8) is 0 Å². The molecule has 29 heavy (non-hydrogen) atoms. The average molecular weight is 386 g/mol. The SMILES string of the molecule is C=C1CC(C(=O)NCc2ccco2)N(C(=O)c2ccc(-c3ccccc3)cc2)C1. The molecule has 0 bridgehead atoms. The van der Waals surface area contributed by atoms with Crippen molar-refractivity contribution in [3.8, 4) is 11.1 Å². The standard InChI is InChI=1S/C24H22N2O3/c1-17-14-22(23(27)25-15-21-8-5-13-29-21)26(16-17)24(28)20-11-9-19(10-12-20)18-6-3-2-4-7-18/h2-13,22H,1,14-16H2,(H,25,27). The fourth-order valence-corrected chi connectivity index (χ4v) is 3.55. The number of hydrogen-bond acceptors (Lipinski definition) is 3. The number of rotatable bonds is 5. The van der Waals surface area contributed by atoms with Crippen LogP contribution in [0, 0.1) is 0 Å². The highest BCUT2D eigenvalue weighted by atomic mass is 16.3. The second-order valence-electron chi connectivity index (χ2n) is 7.14. The van der Waals surface area contributed by atoms with Gasteiger partial charge in [0.25, 0.3) is 5.91 Å². The molecule has 0 radical (unpaired) electrons. The van der Waals surface area contributed by atoms with Crippen LogP contribution in [0.2, 0.25) is 0 Å². The van der Waals surface area contributed by atoms with Crippen molar-refractivity contribution in [2.24, 2.45) is 0 Å². The molecule has 1 aliphatic heterocycles. The predicted molar refractivity (Wildman–Crippen MR) is 111 cm³/mol. The third kappa shape index (κ3) is 4.14. The third-order valence-corrected chi connectivity index (χ3v) is 5.07. The molecular formula is C24H22N2O3. The van der Waals surface area contributed by atoms with Crippen LogP contribution < -0.4 is 5.32 Å². The Hall–Kier alpha value is -3.60. The second kappa shape index (κ2) is 8.19. The minimum Gasteiger partial charge on any atom is -0.467 e. The van der Waals surface area contributed by atoms with Gasteiger partial charge in [0, 0.05) is 12.1 Å². The van der Waals surface area contributed by atoms with E-state index in [-0.39, 0.29) is 11.8 Å². The average Bonchev–Trinajstić information content (AvgIpc) is 3.42. The molecule has 0 saturated carbocycles. The summed E-state index contributed by atoms with van der Waals surface area (Å²) in [7, 11) is 0. The largest absolute Gasteiger partial charge is 0.467 e. The lowest BCUT2D eigenvalue weighted by atomic mass is 10.0. The summed E-state index contributed by atoms with van der Waals surface area (Å²) in [6.07, 6.45) is 2.03. The zero-order valence-corrected chi connectivity index (χ0v) is 16.0. The van der Waals surface area contributed by atoms with Crippen molar-refractivity contribution in [3.05, 3.63) is 96.5 Å². The summed E-state index contributed by atoms with van der Waals surface area (Å²) >= 11 is 0. The molecule has 3 aromatic rings. The monoisotopic (exact) mass is 386 g/mol. The number of benzene rings is 2.